The number of piperazine rings is 1. The molecule has 0 spiro atoms. The third kappa shape index (κ3) is 2.27. The van der Waals surface area contributed by atoms with Crippen molar-refractivity contribution in [2.24, 2.45) is 0 Å². The molecule has 0 aromatic carbocycles. The summed E-state index contributed by atoms with van der Waals surface area (Å²) in [6, 6.07) is 2.05. The summed E-state index contributed by atoms with van der Waals surface area (Å²) in [7, 11) is 1.87. The van der Waals surface area contributed by atoms with E-state index in [2.05, 4.69) is 32.3 Å². The Hall–Kier alpha value is -1.95. The molecule has 1 aliphatic heterocycles. The summed E-state index contributed by atoms with van der Waals surface area (Å²) in [5.41, 5.74) is 2.67. The standard InChI is InChI=1S/C16H23N5O/c1-11-8-12(2)21-13(9-17-15(21)18-11)10-20-7-6-19(5)14(22)16(20,3)4/h8-9H,6-7,10H2,1-5H3. The minimum Gasteiger partial charge on any atom is -0.343 e. The minimum absolute atomic E-state index is 0.165. The predicted molar refractivity (Wildman–Crippen MR) is 84.6 cm³/mol. The quantitative estimate of drug-likeness (QED) is 0.841. The second-order valence-corrected chi connectivity index (χ2v) is 6.63. The van der Waals surface area contributed by atoms with Gasteiger partial charge in [-0.25, -0.2) is 9.97 Å². The van der Waals surface area contributed by atoms with E-state index < -0.39 is 5.54 Å². The van der Waals surface area contributed by atoms with Gasteiger partial charge < -0.3 is 4.90 Å². The van der Waals surface area contributed by atoms with E-state index in [9.17, 15) is 4.79 Å². The number of imidazole rings is 1. The lowest BCUT2D eigenvalue weighted by Crippen LogP contribution is -2.61. The highest BCUT2D eigenvalue weighted by molar-refractivity contribution is 5.86. The smallest absolute Gasteiger partial charge is 0.242 e. The van der Waals surface area contributed by atoms with Gasteiger partial charge in [0.25, 0.3) is 0 Å². The van der Waals surface area contributed by atoms with Crippen molar-refractivity contribution in [1.29, 1.82) is 0 Å². The Morgan fingerprint density at radius 1 is 1.27 bits per heavy atom. The molecule has 0 unspecified atom stereocenters. The van der Waals surface area contributed by atoms with Crippen LogP contribution < -0.4 is 0 Å². The fraction of sp³-hybridized carbons (Fsp3) is 0.562. The van der Waals surface area contributed by atoms with Gasteiger partial charge >= 0.3 is 0 Å². The van der Waals surface area contributed by atoms with Gasteiger partial charge in [0.15, 0.2) is 0 Å². The maximum atomic E-state index is 12.4. The van der Waals surface area contributed by atoms with E-state index in [0.717, 1.165) is 35.9 Å². The molecule has 1 aliphatic rings. The van der Waals surface area contributed by atoms with Crippen molar-refractivity contribution < 1.29 is 4.79 Å². The molecule has 0 aliphatic carbocycles. The van der Waals surface area contributed by atoms with Gasteiger partial charge in [0.2, 0.25) is 11.7 Å². The summed E-state index contributed by atoms with van der Waals surface area (Å²) in [6.07, 6.45) is 1.87. The van der Waals surface area contributed by atoms with Gasteiger partial charge in [-0.1, -0.05) is 0 Å². The molecule has 3 rings (SSSR count). The lowest BCUT2D eigenvalue weighted by Gasteiger charge is -2.44. The SMILES string of the molecule is Cc1cc(C)n2c(CN3CCN(C)C(=O)C3(C)C)cnc2n1. The molecule has 22 heavy (non-hydrogen) atoms. The number of carbonyl (C=O) groups is 1. The molecule has 1 fully saturated rings. The van der Waals surface area contributed by atoms with Crippen LogP contribution in [0, 0.1) is 13.8 Å². The van der Waals surface area contributed by atoms with Crippen molar-refractivity contribution in [2.45, 2.75) is 39.8 Å². The van der Waals surface area contributed by atoms with E-state index in [-0.39, 0.29) is 5.91 Å². The molecule has 3 heterocycles. The highest BCUT2D eigenvalue weighted by Gasteiger charge is 2.40. The van der Waals surface area contributed by atoms with Crippen molar-refractivity contribution in [3.63, 3.8) is 0 Å². The Balaban J connectivity index is 1.95. The van der Waals surface area contributed by atoms with Crippen LogP contribution >= 0.6 is 0 Å². The van der Waals surface area contributed by atoms with Crippen LogP contribution in [0.4, 0.5) is 0 Å². The molecule has 0 atom stereocenters. The highest BCUT2D eigenvalue weighted by Crippen LogP contribution is 2.24. The van der Waals surface area contributed by atoms with Gasteiger partial charge in [-0.3, -0.25) is 14.1 Å². The largest absolute Gasteiger partial charge is 0.343 e. The molecular formula is C16H23N5O. The molecule has 0 saturated carbocycles. The Morgan fingerprint density at radius 2 is 2.00 bits per heavy atom. The molecule has 6 heteroatoms. The summed E-state index contributed by atoms with van der Waals surface area (Å²) < 4.78 is 2.08. The number of hydrogen-bond donors (Lipinski definition) is 0. The van der Waals surface area contributed by atoms with Crippen LogP contribution in [0.3, 0.4) is 0 Å². The molecule has 6 nitrogen and oxygen atoms in total. The zero-order valence-corrected chi connectivity index (χ0v) is 13.9. The third-order valence-corrected chi connectivity index (χ3v) is 4.58. The first-order valence-corrected chi connectivity index (χ1v) is 7.62. The normalized spacial score (nSPS) is 19.1. The van der Waals surface area contributed by atoms with Crippen molar-refractivity contribution in [3.05, 3.63) is 29.3 Å². The van der Waals surface area contributed by atoms with Crippen LogP contribution in [0.1, 0.15) is 30.9 Å². The summed E-state index contributed by atoms with van der Waals surface area (Å²) in [4.78, 5) is 25.3. The first kappa shape index (κ1) is 15.0. The maximum Gasteiger partial charge on any atom is 0.242 e. The van der Waals surface area contributed by atoms with E-state index in [4.69, 9.17) is 0 Å². The Bertz CT molecular complexity index is 733. The second-order valence-electron chi connectivity index (χ2n) is 6.63. The van der Waals surface area contributed by atoms with Crippen LogP contribution in [0.15, 0.2) is 12.3 Å². The number of likely N-dealkylation sites (N-methyl/N-ethyl adjacent to an activating group) is 1. The predicted octanol–water partition coefficient (Wildman–Crippen LogP) is 1.40. The van der Waals surface area contributed by atoms with Crippen LogP contribution in [-0.4, -0.2) is 55.8 Å². The van der Waals surface area contributed by atoms with Gasteiger partial charge in [-0.05, 0) is 33.8 Å². The van der Waals surface area contributed by atoms with Gasteiger partial charge in [-0.15, -0.1) is 0 Å². The van der Waals surface area contributed by atoms with Crippen molar-refractivity contribution in [3.8, 4) is 0 Å². The van der Waals surface area contributed by atoms with Crippen LogP contribution in [-0.2, 0) is 11.3 Å². The molecule has 1 saturated heterocycles. The lowest BCUT2D eigenvalue weighted by molar-refractivity contribution is -0.147. The fourth-order valence-electron chi connectivity index (χ4n) is 3.23. The highest BCUT2D eigenvalue weighted by atomic mass is 16.2. The maximum absolute atomic E-state index is 12.4. The number of amides is 1. The van der Waals surface area contributed by atoms with E-state index in [1.165, 1.54) is 0 Å². The molecule has 118 valence electrons. The number of carbonyl (C=O) groups excluding carboxylic acids is 1. The topological polar surface area (TPSA) is 53.7 Å². The summed E-state index contributed by atoms with van der Waals surface area (Å²) in [5.74, 6) is 0.893. The molecule has 2 aromatic heterocycles. The molecule has 0 N–H and O–H groups in total. The number of hydrogen-bond acceptors (Lipinski definition) is 4. The average Bonchev–Trinajstić information content (AvgIpc) is 2.83. The molecule has 0 radical (unpaired) electrons. The van der Waals surface area contributed by atoms with Crippen molar-refractivity contribution >= 4 is 11.7 Å². The van der Waals surface area contributed by atoms with Gasteiger partial charge in [0.05, 0.1) is 17.4 Å². The Kier molecular flexibility index (Phi) is 3.44. The van der Waals surface area contributed by atoms with E-state index in [0.29, 0.717) is 6.54 Å². The second kappa shape index (κ2) is 5.05. The first-order valence-electron chi connectivity index (χ1n) is 7.62. The zero-order valence-electron chi connectivity index (χ0n) is 13.9. The Labute approximate surface area is 130 Å². The summed E-state index contributed by atoms with van der Waals surface area (Å²) in [6.45, 7) is 10.3. The number of aromatic nitrogens is 3. The average molecular weight is 301 g/mol. The van der Waals surface area contributed by atoms with Crippen molar-refractivity contribution in [2.75, 3.05) is 20.1 Å². The van der Waals surface area contributed by atoms with Gasteiger partial charge in [-0.2, -0.15) is 0 Å². The van der Waals surface area contributed by atoms with Crippen molar-refractivity contribution in [1.82, 2.24) is 24.2 Å². The zero-order chi connectivity index (χ0) is 16.1. The third-order valence-electron chi connectivity index (χ3n) is 4.58. The van der Waals surface area contributed by atoms with E-state index in [1.807, 2.05) is 34.0 Å². The van der Waals surface area contributed by atoms with E-state index >= 15 is 0 Å². The molecule has 1 amide bonds. The summed E-state index contributed by atoms with van der Waals surface area (Å²) in [5, 5.41) is 0. The molecule has 0 bridgehead atoms. The van der Waals surface area contributed by atoms with Gasteiger partial charge in [0.1, 0.15) is 0 Å². The molecule has 2 aromatic rings. The monoisotopic (exact) mass is 301 g/mol. The van der Waals surface area contributed by atoms with Crippen LogP contribution in [0.25, 0.3) is 5.78 Å². The number of rotatable bonds is 2. The molecular weight excluding hydrogens is 278 g/mol. The number of nitrogens with zero attached hydrogens (tertiary/aromatic N) is 5. The Morgan fingerprint density at radius 3 is 2.73 bits per heavy atom. The first-order chi connectivity index (χ1) is 10.3. The summed E-state index contributed by atoms with van der Waals surface area (Å²) >= 11 is 0. The minimum atomic E-state index is -0.497. The van der Waals surface area contributed by atoms with Gasteiger partial charge in [0, 0.05) is 38.1 Å². The number of aryl methyl sites for hydroxylation is 2. The fourth-order valence-corrected chi connectivity index (χ4v) is 3.23. The van der Waals surface area contributed by atoms with Crippen LogP contribution in [0.2, 0.25) is 0 Å². The van der Waals surface area contributed by atoms with E-state index in [1.54, 1.807) is 4.90 Å². The lowest BCUT2D eigenvalue weighted by atomic mass is 9.97. The van der Waals surface area contributed by atoms with Crippen LogP contribution in [0.5, 0.6) is 0 Å². The number of fused-ring (bicyclic) bond motifs is 1.